The van der Waals surface area contributed by atoms with Crippen molar-refractivity contribution in [3.8, 4) is 0 Å². The number of carbonyl (C=O) groups is 1. The zero-order valence-electron chi connectivity index (χ0n) is 15.3. The molecule has 3 rings (SSSR count). The molecular formula is C19H28N4O2. The Morgan fingerprint density at radius 1 is 1.24 bits per heavy atom. The minimum absolute atomic E-state index is 0.116. The second-order valence-corrected chi connectivity index (χ2v) is 7.96. The summed E-state index contributed by atoms with van der Waals surface area (Å²) >= 11 is 0. The van der Waals surface area contributed by atoms with E-state index in [1.807, 2.05) is 49.9 Å². The van der Waals surface area contributed by atoms with Crippen molar-refractivity contribution in [2.24, 2.45) is 5.41 Å². The summed E-state index contributed by atoms with van der Waals surface area (Å²) in [6.07, 6.45) is -0.00314. The standard InChI is InChI=1S/C19H28N4O2/c1-19(2,3)17(24)13-22-8-10-23(11-9-22)18(25)12-16-14-6-4-5-7-15(14)20-21-16/h4-7,17,24H,8-13H2,1-3H3,(H,20,21)/t17-/m1/s1. The van der Waals surface area contributed by atoms with Crippen molar-refractivity contribution in [3.63, 3.8) is 0 Å². The van der Waals surface area contributed by atoms with Crippen LogP contribution in [0.15, 0.2) is 24.3 Å². The first-order chi connectivity index (χ1) is 11.8. The van der Waals surface area contributed by atoms with Crippen molar-refractivity contribution in [2.45, 2.75) is 33.3 Å². The number of amides is 1. The molecule has 0 aliphatic carbocycles. The predicted octanol–water partition coefficient (Wildman–Crippen LogP) is 1.66. The van der Waals surface area contributed by atoms with Crippen molar-refractivity contribution in [2.75, 3.05) is 32.7 Å². The number of aliphatic hydroxyl groups excluding tert-OH is 1. The minimum atomic E-state index is -0.355. The normalized spacial score (nSPS) is 17.8. The van der Waals surface area contributed by atoms with Gasteiger partial charge in [0, 0.05) is 38.1 Å². The van der Waals surface area contributed by atoms with Crippen LogP contribution < -0.4 is 0 Å². The number of aromatic nitrogens is 2. The lowest BCUT2D eigenvalue weighted by Crippen LogP contribution is -2.52. The smallest absolute Gasteiger partial charge is 0.228 e. The Morgan fingerprint density at radius 2 is 1.92 bits per heavy atom. The summed E-state index contributed by atoms with van der Waals surface area (Å²) in [4.78, 5) is 16.8. The summed E-state index contributed by atoms with van der Waals surface area (Å²) in [6, 6.07) is 7.84. The molecule has 0 bridgehead atoms. The molecule has 1 fully saturated rings. The average Bonchev–Trinajstić information content (AvgIpc) is 2.98. The Hall–Kier alpha value is -1.92. The quantitative estimate of drug-likeness (QED) is 0.885. The van der Waals surface area contributed by atoms with Crippen LogP contribution in [0, 0.1) is 5.41 Å². The maximum absolute atomic E-state index is 12.6. The summed E-state index contributed by atoms with van der Waals surface area (Å²) in [7, 11) is 0. The van der Waals surface area contributed by atoms with Crippen molar-refractivity contribution in [3.05, 3.63) is 30.0 Å². The number of rotatable bonds is 4. The number of aromatic amines is 1. The van der Waals surface area contributed by atoms with Crippen LogP contribution in [0.3, 0.4) is 0 Å². The molecule has 6 heteroatoms. The van der Waals surface area contributed by atoms with Crippen LogP contribution in [0.2, 0.25) is 0 Å². The number of benzene rings is 1. The molecule has 2 aromatic rings. The fourth-order valence-corrected chi connectivity index (χ4v) is 3.11. The van der Waals surface area contributed by atoms with Crippen molar-refractivity contribution in [1.29, 1.82) is 0 Å². The number of nitrogens with one attached hydrogen (secondary N) is 1. The first kappa shape index (κ1) is 17.9. The number of β-amino-alcohol motifs (C(OH)–C–C–N with tert-alkyl or cyclic N) is 1. The molecule has 1 aromatic carbocycles. The molecule has 136 valence electrons. The van der Waals surface area contributed by atoms with Crippen molar-refractivity contribution < 1.29 is 9.90 Å². The second kappa shape index (κ2) is 7.14. The molecule has 1 atom stereocenters. The van der Waals surface area contributed by atoms with E-state index in [0.717, 1.165) is 29.7 Å². The largest absolute Gasteiger partial charge is 0.391 e. The van der Waals surface area contributed by atoms with Crippen molar-refractivity contribution in [1.82, 2.24) is 20.0 Å². The van der Waals surface area contributed by atoms with Gasteiger partial charge in [-0.25, -0.2) is 0 Å². The molecule has 0 spiro atoms. The second-order valence-electron chi connectivity index (χ2n) is 7.96. The first-order valence-electron chi connectivity index (χ1n) is 8.95. The Bertz CT molecular complexity index is 726. The molecule has 2 N–H and O–H groups in total. The van der Waals surface area contributed by atoms with Gasteiger partial charge in [0.1, 0.15) is 0 Å². The van der Waals surface area contributed by atoms with Gasteiger partial charge in [-0.1, -0.05) is 39.0 Å². The van der Waals surface area contributed by atoms with Crippen LogP contribution >= 0.6 is 0 Å². The Morgan fingerprint density at radius 3 is 2.60 bits per heavy atom. The third-order valence-electron chi connectivity index (χ3n) is 5.02. The molecule has 25 heavy (non-hydrogen) atoms. The van der Waals surface area contributed by atoms with E-state index in [4.69, 9.17) is 0 Å². The third-order valence-corrected chi connectivity index (χ3v) is 5.02. The topological polar surface area (TPSA) is 72.5 Å². The number of fused-ring (bicyclic) bond motifs is 1. The van der Waals surface area contributed by atoms with Gasteiger partial charge in [0.2, 0.25) is 5.91 Å². The van der Waals surface area contributed by atoms with Gasteiger partial charge in [-0.05, 0) is 11.5 Å². The number of hydrogen-bond acceptors (Lipinski definition) is 4. The van der Waals surface area contributed by atoms with Crippen LogP contribution in [0.5, 0.6) is 0 Å². The molecular weight excluding hydrogens is 316 g/mol. The fourth-order valence-electron chi connectivity index (χ4n) is 3.11. The van der Waals surface area contributed by atoms with Gasteiger partial charge in [-0.2, -0.15) is 5.10 Å². The highest BCUT2D eigenvalue weighted by Gasteiger charge is 2.27. The Kier molecular flexibility index (Phi) is 5.11. The van der Waals surface area contributed by atoms with E-state index >= 15 is 0 Å². The third kappa shape index (κ3) is 4.19. The van der Waals surface area contributed by atoms with E-state index in [0.29, 0.717) is 26.1 Å². The van der Waals surface area contributed by atoms with E-state index in [1.54, 1.807) is 0 Å². The minimum Gasteiger partial charge on any atom is -0.391 e. The van der Waals surface area contributed by atoms with E-state index < -0.39 is 0 Å². The molecule has 1 aromatic heterocycles. The van der Waals surface area contributed by atoms with Crippen molar-refractivity contribution >= 4 is 16.8 Å². The van der Waals surface area contributed by atoms with Crippen LogP contribution in [-0.2, 0) is 11.2 Å². The molecule has 0 radical (unpaired) electrons. The van der Waals surface area contributed by atoms with Gasteiger partial charge in [-0.15, -0.1) is 0 Å². The van der Waals surface area contributed by atoms with Gasteiger partial charge in [0.05, 0.1) is 23.7 Å². The highest BCUT2D eigenvalue weighted by molar-refractivity contribution is 5.87. The molecule has 2 heterocycles. The van der Waals surface area contributed by atoms with E-state index in [1.165, 1.54) is 0 Å². The first-order valence-corrected chi connectivity index (χ1v) is 8.95. The van der Waals surface area contributed by atoms with Gasteiger partial charge >= 0.3 is 0 Å². The lowest BCUT2D eigenvalue weighted by atomic mass is 9.89. The van der Waals surface area contributed by atoms with Gasteiger partial charge in [0.15, 0.2) is 0 Å². The predicted molar refractivity (Wildman–Crippen MR) is 98.3 cm³/mol. The zero-order chi connectivity index (χ0) is 18.0. The molecule has 1 saturated heterocycles. The number of nitrogens with zero attached hydrogens (tertiary/aromatic N) is 3. The summed E-state index contributed by atoms with van der Waals surface area (Å²) < 4.78 is 0. The number of aliphatic hydroxyl groups is 1. The van der Waals surface area contributed by atoms with Gasteiger partial charge in [-0.3, -0.25) is 14.8 Å². The number of piperazine rings is 1. The van der Waals surface area contributed by atoms with E-state index in [9.17, 15) is 9.90 Å². The maximum Gasteiger partial charge on any atom is 0.228 e. The lowest BCUT2D eigenvalue weighted by Gasteiger charge is -2.38. The summed E-state index contributed by atoms with van der Waals surface area (Å²) in [5.41, 5.74) is 1.66. The molecule has 0 unspecified atom stereocenters. The maximum atomic E-state index is 12.6. The summed E-state index contributed by atoms with van der Waals surface area (Å²) in [6.45, 7) is 9.84. The summed E-state index contributed by atoms with van der Waals surface area (Å²) in [5.74, 6) is 0.130. The number of para-hydroxylation sites is 1. The fraction of sp³-hybridized carbons (Fsp3) is 0.579. The molecule has 6 nitrogen and oxygen atoms in total. The van der Waals surface area contributed by atoms with E-state index in [-0.39, 0.29) is 17.4 Å². The number of H-pyrrole nitrogens is 1. The Labute approximate surface area is 148 Å². The summed E-state index contributed by atoms with van der Waals surface area (Å²) in [5, 5.41) is 18.5. The highest BCUT2D eigenvalue weighted by atomic mass is 16.3. The van der Waals surface area contributed by atoms with E-state index in [2.05, 4.69) is 15.1 Å². The van der Waals surface area contributed by atoms with Crippen LogP contribution in [0.1, 0.15) is 26.5 Å². The average molecular weight is 344 g/mol. The Balaban J connectivity index is 1.53. The van der Waals surface area contributed by atoms with Gasteiger partial charge in [0.25, 0.3) is 0 Å². The van der Waals surface area contributed by atoms with Crippen LogP contribution in [0.4, 0.5) is 0 Å². The van der Waals surface area contributed by atoms with Crippen LogP contribution in [-0.4, -0.2) is 69.8 Å². The molecule has 1 aliphatic rings. The van der Waals surface area contributed by atoms with Gasteiger partial charge < -0.3 is 10.0 Å². The molecule has 1 amide bonds. The van der Waals surface area contributed by atoms with Crippen LogP contribution in [0.25, 0.3) is 10.9 Å². The zero-order valence-corrected chi connectivity index (χ0v) is 15.3. The SMILES string of the molecule is CC(C)(C)[C@H](O)CN1CCN(C(=O)Cc2[nH]nc3ccccc23)CC1. The molecule has 0 saturated carbocycles. The monoisotopic (exact) mass is 344 g/mol. The number of hydrogen-bond donors (Lipinski definition) is 2. The number of carbonyl (C=O) groups excluding carboxylic acids is 1. The highest BCUT2D eigenvalue weighted by Crippen LogP contribution is 2.21. The lowest BCUT2D eigenvalue weighted by molar-refractivity contribution is -0.132. The molecule has 1 aliphatic heterocycles.